The van der Waals surface area contributed by atoms with Crippen molar-refractivity contribution in [3.05, 3.63) is 65.0 Å². The monoisotopic (exact) mass is 510 g/mol. The Balaban J connectivity index is 2.25. The van der Waals surface area contributed by atoms with Crippen LogP contribution in [0.1, 0.15) is 41.5 Å². The Morgan fingerprint density at radius 2 is 1.43 bits per heavy atom. The second-order valence-electron chi connectivity index (χ2n) is 7.70. The number of nitrogens with one attached hydrogen (secondary N) is 2. The number of aliphatic hydroxyl groups is 1. The number of nitrogens with zero attached hydrogens (tertiary/aromatic N) is 2. The van der Waals surface area contributed by atoms with Gasteiger partial charge in [0.25, 0.3) is 5.91 Å². The Hall–Kier alpha value is -4.87. The number of anilines is 2. The number of ether oxygens (including phenoxy) is 2. The van der Waals surface area contributed by atoms with Gasteiger partial charge in [-0.05, 0) is 63.2 Å². The molecule has 2 aromatic carbocycles. The molecule has 0 saturated heterocycles. The summed E-state index contributed by atoms with van der Waals surface area (Å²) in [5, 5.41) is 22.8. The number of Topliss-reactive ketones (excluding diaryl/α,β-unsaturated/α-hetero) is 1. The summed E-state index contributed by atoms with van der Waals surface area (Å²) >= 11 is 0. The fraction of sp³-hybridized carbons (Fsp3) is 0.240. The maximum Gasteiger partial charge on any atom is 0.340 e. The lowest BCUT2D eigenvalue weighted by atomic mass is 10.1. The number of hydrogen-bond acceptors (Lipinski definition) is 10. The van der Waals surface area contributed by atoms with Crippen LogP contribution in [-0.2, 0) is 23.9 Å². The van der Waals surface area contributed by atoms with Crippen LogP contribution in [0.3, 0.4) is 0 Å². The second-order valence-corrected chi connectivity index (χ2v) is 7.70. The van der Waals surface area contributed by atoms with E-state index in [1.54, 1.807) is 0 Å². The summed E-state index contributed by atoms with van der Waals surface area (Å²) in [6.45, 7) is 4.03. The van der Waals surface area contributed by atoms with E-state index in [1.165, 1.54) is 70.3 Å². The average Bonchev–Trinajstić information content (AvgIpc) is 2.88. The van der Waals surface area contributed by atoms with Crippen molar-refractivity contribution in [3.8, 4) is 0 Å². The van der Waals surface area contributed by atoms with Crippen LogP contribution >= 0.6 is 0 Å². The van der Waals surface area contributed by atoms with Gasteiger partial charge in [-0.15, -0.1) is 10.2 Å². The molecular weight excluding hydrogens is 484 g/mol. The van der Waals surface area contributed by atoms with Gasteiger partial charge >= 0.3 is 11.9 Å². The molecule has 3 N–H and O–H groups in total. The number of rotatable bonds is 9. The number of allylic oxidation sites excluding steroid dienone is 1. The molecule has 0 aliphatic carbocycles. The third-order valence-corrected chi connectivity index (χ3v) is 5.05. The maximum absolute atomic E-state index is 12.7. The third kappa shape index (κ3) is 7.56. The molecule has 0 aliphatic heterocycles. The molecule has 2 aromatic rings. The lowest BCUT2D eigenvalue weighted by Crippen LogP contribution is -2.25. The number of ketones is 1. The van der Waals surface area contributed by atoms with Crippen LogP contribution in [0, 0.1) is 5.92 Å². The highest BCUT2D eigenvalue weighted by atomic mass is 16.5. The molecule has 0 saturated carbocycles. The zero-order valence-electron chi connectivity index (χ0n) is 20.8. The van der Waals surface area contributed by atoms with Crippen LogP contribution in [0.5, 0.6) is 0 Å². The van der Waals surface area contributed by atoms with Crippen molar-refractivity contribution < 1.29 is 38.6 Å². The topological polar surface area (TPSA) is 173 Å². The van der Waals surface area contributed by atoms with Crippen LogP contribution in [-0.4, -0.2) is 48.9 Å². The van der Waals surface area contributed by atoms with E-state index in [4.69, 9.17) is 4.74 Å². The van der Waals surface area contributed by atoms with Crippen LogP contribution in [0.15, 0.2) is 64.1 Å². The Morgan fingerprint density at radius 3 is 1.95 bits per heavy atom. The summed E-state index contributed by atoms with van der Waals surface area (Å²) in [6, 6.07) is 9.86. The molecule has 0 aromatic heterocycles. The average molecular weight is 511 g/mol. The molecular formula is C25H26N4O8. The van der Waals surface area contributed by atoms with Gasteiger partial charge in [0, 0.05) is 11.4 Å². The molecule has 0 bridgehead atoms. The molecule has 12 nitrogen and oxygen atoms in total. The van der Waals surface area contributed by atoms with Gasteiger partial charge in [-0.3, -0.25) is 14.4 Å². The number of esters is 2. The number of carbonyl (C=O) groups is 5. The molecule has 0 heterocycles. The Morgan fingerprint density at radius 1 is 0.865 bits per heavy atom. The van der Waals surface area contributed by atoms with E-state index >= 15 is 0 Å². The Bertz CT molecular complexity index is 1280. The van der Waals surface area contributed by atoms with E-state index in [2.05, 4.69) is 25.6 Å². The highest BCUT2D eigenvalue weighted by Gasteiger charge is 2.19. The summed E-state index contributed by atoms with van der Waals surface area (Å²) in [7, 11) is 2.35. The number of benzene rings is 2. The summed E-state index contributed by atoms with van der Waals surface area (Å²) in [5.41, 5.74) is 0.189. The van der Waals surface area contributed by atoms with E-state index in [-0.39, 0.29) is 22.6 Å². The van der Waals surface area contributed by atoms with Crippen molar-refractivity contribution in [1.29, 1.82) is 0 Å². The highest BCUT2D eigenvalue weighted by molar-refractivity contribution is 6.06. The van der Waals surface area contributed by atoms with Crippen molar-refractivity contribution >= 4 is 46.6 Å². The second kappa shape index (κ2) is 12.7. The molecule has 194 valence electrons. The SMILES string of the molecule is COC(=O)c1ccc(C(=O)OC)c(N=NC(C(=O)Nc2ccc(NC(=O)C(C)C(C)=O)cc2)=C(C)O)c1. The van der Waals surface area contributed by atoms with Crippen molar-refractivity contribution in [2.75, 3.05) is 24.9 Å². The number of hydrogen-bond donors (Lipinski definition) is 3. The van der Waals surface area contributed by atoms with Gasteiger partial charge in [-0.1, -0.05) is 0 Å². The van der Waals surface area contributed by atoms with Crippen LogP contribution in [0.2, 0.25) is 0 Å². The van der Waals surface area contributed by atoms with Crippen molar-refractivity contribution in [1.82, 2.24) is 0 Å². The quantitative estimate of drug-likeness (QED) is 0.150. The van der Waals surface area contributed by atoms with Gasteiger partial charge in [0.2, 0.25) is 5.91 Å². The lowest BCUT2D eigenvalue weighted by molar-refractivity contribution is -0.129. The molecule has 1 unspecified atom stereocenters. The number of methoxy groups -OCH3 is 2. The first-order valence-corrected chi connectivity index (χ1v) is 10.8. The zero-order chi connectivity index (χ0) is 27.7. The first-order valence-electron chi connectivity index (χ1n) is 10.8. The van der Waals surface area contributed by atoms with Gasteiger partial charge in [0.05, 0.1) is 31.3 Å². The molecule has 0 aliphatic rings. The molecule has 37 heavy (non-hydrogen) atoms. The summed E-state index contributed by atoms with van der Waals surface area (Å²) in [6.07, 6.45) is 0. The largest absolute Gasteiger partial charge is 0.510 e. The van der Waals surface area contributed by atoms with E-state index in [9.17, 15) is 29.1 Å². The van der Waals surface area contributed by atoms with Gasteiger partial charge < -0.3 is 25.2 Å². The molecule has 2 amide bonds. The van der Waals surface area contributed by atoms with E-state index in [1.807, 2.05) is 0 Å². The minimum absolute atomic E-state index is 0.0361. The standard InChI is InChI=1S/C25H26N4O8/c1-13(14(2)30)22(32)26-17-7-9-18(10-8-17)27-23(33)21(15(3)31)29-28-20-12-16(24(34)36-4)6-11-19(20)25(35)37-5/h6-13,31H,1-5H3,(H,26,32)(H,27,33). The van der Waals surface area contributed by atoms with E-state index in [0.29, 0.717) is 11.4 Å². The van der Waals surface area contributed by atoms with Gasteiger partial charge in [-0.2, -0.15) is 0 Å². The third-order valence-electron chi connectivity index (χ3n) is 5.05. The fourth-order valence-electron chi connectivity index (χ4n) is 2.79. The van der Waals surface area contributed by atoms with Crippen molar-refractivity contribution in [2.24, 2.45) is 16.1 Å². The summed E-state index contributed by atoms with van der Waals surface area (Å²) in [4.78, 5) is 60.0. The molecule has 0 fully saturated rings. The van der Waals surface area contributed by atoms with Crippen LogP contribution < -0.4 is 10.6 Å². The molecule has 2 rings (SSSR count). The number of azo groups is 1. The van der Waals surface area contributed by atoms with Gasteiger partial charge in [-0.25, -0.2) is 9.59 Å². The lowest BCUT2D eigenvalue weighted by Gasteiger charge is -2.10. The van der Waals surface area contributed by atoms with Gasteiger partial charge in [0.1, 0.15) is 17.2 Å². The van der Waals surface area contributed by atoms with E-state index < -0.39 is 41.1 Å². The maximum atomic E-state index is 12.7. The number of aliphatic hydroxyl groups excluding tert-OH is 1. The minimum Gasteiger partial charge on any atom is -0.510 e. The predicted molar refractivity (Wildman–Crippen MR) is 133 cm³/mol. The summed E-state index contributed by atoms with van der Waals surface area (Å²) < 4.78 is 9.36. The first kappa shape index (κ1) is 28.4. The normalized spacial score (nSPS) is 12.2. The predicted octanol–water partition coefficient (Wildman–Crippen LogP) is 3.94. The highest BCUT2D eigenvalue weighted by Crippen LogP contribution is 2.25. The van der Waals surface area contributed by atoms with Crippen molar-refractivity contribution in [2.45, 2.75) is 20.8 Å². The molecule has 12 heteroatoms. The zero-order valence-corrected chi connectivity index (χ0v) is 20.8. The van der Waals surface area contributed by atoms with Crippen molar-refractivity contribution in [3.63, 3.8) is 0 Å². The Kier molecular flexibility index (Phi) is 9.75. The number of carbonyl (C=O) groups excluding carboxylic acids is 5. The number of amides is 2. The smallest absolute Gasteiger partial charge is 0.340 e. The minimum atomic E-state index is -0.825. The van der Waals surface area contributed by atoms with Gasteiger partial charge in [0.15, 0.2) is 5.70 Å². The molecule has 0 radical (unpaired) electrons. The first-order chi connectivity index (χ1) is 17.5. The molecule has 1 atom stereocenters. The van der Waals surface area contributed by atoms with E-state index in [0.717, 1.165) is 7.11 Å². The Labute approximate surface area is 212 Å². The molecule has 0 spiro atoms. The summed E-state index contributed by atoms with van der Waals surface area (Å²) in [5.74, 6) is -4.28. The van der Waals surface area contributed by atoms with Crippen LogP contribution in [0.4, 0.5) is 17.1 Å². The van der Waals surface area contributed by atoms with Crippen LogP contribution in [0.25, 0.3) is 0 Å². The fourth-order valence-corrected chi connectivity index (χ4v) is 2.79.